The maximum Gasteiger partial charge on any atom is 0.189 e. The van der Waals surface area contributed by atoms with E-state index in [1.165, 1.54) is 25.4 Å². The number of aromatic amines is 1. The number of aromatic nitrogens is 3. The summed E-state index contributed by atoms with van der Waals surface area (Å²) < 4.78 is 24.6. The lowest BCUT2D eigenvalue weighted by Crippen LogP contribution is -2.52. The van der Waals surface area contributed by atoms with Crippen LogP contribution in [-0.2, 0) is 4.74 Å². The average Bonchev–Trinajstić information content (AvgIpc) is 3.18. The normalized spacial score (nSPS) is 14.4. The van der Waals surface area contributed by atoms with E-state index in [2.05, 4.69) is 37.1 Å². The van der Waals surface area contributed by atoms with Gasteiger partial charge in [0.05, 0.1) is 18.7 Å². The summed E-state index contributed by atoms with van der Waals surface area (Å²) in [7, 11) is 3.13. The van der Waals surface area contributed by atoms with Crippen LogP contribution >= 0.6 is 0 Å². The van der Waals surface area contributed by atoms with Crippen molar-refractivity contribution in [1.82, 2.24) is 20.4 Å². The Morgan fingerprint density at radius 3 is 2.84 bits per heavy atom. The molecule has 1 fully saturated rings. The van der Waals surface area contributed by atoms with Crippen LogP contribution in [-0.4, -0.2) is 60.9 Å². The molecule has 0 spiro atoms. The number of carbonyl (C=O) groups is 1. The van der Waals surface area contributed by atoms with E-state index < -0.39 is 5.82 Å². The summed E-state index contributed by atoms with van der Waals surface area (Å²) in [5, 5.41) is 3.62. The van der Waals surface area contributed by atoms with Crippen molar-refractivity contribution in [2.75, 3.05) is 32.2 Å². The number of allylic oxidation sites excluding steroid dienone is 1. The molecule has 0 amide bonds. The van der Waals surface area contributed by atoms with E-state index in [4.69, 9.17) is 9.47 Å². The van der Waals surface area contributed by atoms with Crippen LogP contribution in [0.4, 0.5) is 10.2 Å². The highest BCUT2D eigenvalue weighted by Gasteiger charge is 2.27. The molecule has 1 aromatic carbocycles. The van der Waals surface area contributed by atoms with Crippen LogP contribution in [0.25, 0.3) is 16.7 Å². The maximum atomic E-state index is 14.3. The molecule has 0 saturated carbocycles. The minimum atomic E-state index is -0.546. The summed E-state index contributed by atoms with van der Waals surface area (Å²) >= 11 is 0. The third-order valence-electron chi connectivity index (χ3n) is 5.02. The molecule has 2 aromatic heterocycles. The Kier molecular flexibility index (Phi) is 5.63. The van der Waals surface area contributed by atoms with Gasteiger partial charge in [0, 0.05) is 56.9 Å². The number of carbonyl (C=O) groups excluding carboxylic acids is 1. The number of anilines is 1. The van der Waals surface area contributed by atoms with Crippen molar-refractivity contribution in [3.63, 3.8) is 0 Å². The van der Waals surface area contributed by atoms with Gasteiger partial charge in [0.25, 0.3) is 0 Å². The molecule has 2 N–H and O–H groups in total. The van der Waals surface area contributed by atoms with Gasteiger partial charge in [-0.2, -0.15) is 5.10 Å². The van der Waals surface area contributed by atoms with E-state index in [-0.39, 0.29) is 28.9 Å². The first kappa shape index (κ1) is 20.5. The second-order valence-electron chi connectivity index (χ2n) is 6.95. The molecule has 0 aliphatic carbocycles. The minimum absolute atomic E-state index is 0.120. The van der Waals surface area contributed by atoms with Gasteiger partial charge in [0.15, 0.2) is 17.4 Å². The largest absolute Gasteiger partial charge is 0.497 e. The lowest BCUT2D eigenvalue weighted by atomic mass is 10.1. The number of rotatable bonds is 8. The lowest BCUT2D eigenvalue weighted by Gasteiger charge is -2.38. The smallest absolute Gasteiger partial charge is 0.189 e. The number of hydrogen-bond acceptors (Lipinski definition) is 8. The van der Waals surface area contributed by atoms with Crippen molar-refractivity contribution in [2.24, 2.45) is 5.10 Å². The number of ether oxygens (including phenoxy) is 2. The molecular formula is C21H21FN6O3. The molecular weight excluding hydrogens is 403 g/mol. The van der Waals surface area contributed by atoms with Crippen molar-refractivity contribution >= 4 is 35.0 Å². The molecule has 10 heteroatoms. The molecule has 9 nitrogen and oxygen atoms in total. The second kappa shape index (κ2) is 8.52. The first-order valence-corrected chi connectivity index (χ1v) is 9.47. The zero-order chi connectivity index (χ0) is 22.0. The van der Waals surface area contributed by atoms with Crippen LogP contribution in [0.5, 0.6) is 5.75 Å². The van der Waals surface area contributed by atoms with Crippen LogP contribution in [0, 0.1) is 5.82 Å². The first-order valence-electron chi connectivity index (χ1n) is 9.47. The SMILES string of the molecule is C=NN/C(=C\C(=O)c1ccc(N2CC(OC)C2)nc1)c1nc2c(F)cc(OC)cc2[nH]1. The molecule has 3 heterocycles. The Balaban J connectivity index is 1.58. The molecule has 1 saturated heterocycles. The van der Waals surface area contributed by atoms with Crippen molar-refractivity contribution in [3.8, 4) is 5.75 Å². The molecule has 1 aliphatic rings. The van der Waals surface area contributed by atoms with Gasteiger partial charge >= 0.3 is 0 Å². The van der Waals surface area contributed by atoms with Crippen molar-refractivity contribution in [3.05, 3.63) is 53.7 Å². The molecule has 0 bridgehead atoms. The van der Waals surface area contributed by atoms with Gasteiger partial charge in [-0.3, -0.25) is 10.2 Å². The maximum absolute atomic E-state index is 14.3. The van der Waals surface area contributed by atoms with Crippen molar-refractivity contribution in [2.45, 2.75) is 6.10 Å². The zero-order valence-electron chi connectivity index (χ0n) is 17.1. The number of hydrogen-bond donors (Lipinski definition) is 2. The lowest BCUT2D eigenvalue weighted by molar-refractivity contribution is 0.0783. The van der Waals surface area contributed by atoms with E-state index in [1.54, 1.807) is 25.3 Å². The minimum Gasteiger partial charge on any atom is -0.497 e. The summed E-state index contributed by atoms with van der Waals surface area (Å²) in [6.07, 6.45) is 3.03. The number of H-pyrrole nitrogens is 1. The number of halogens is 1. The van der Waals surface area contributed by atoms with E-state index in [9.17, 15) is 9.18 Å². The predicted octanol–water partition coefficient (Wildman–Crippen LogP) is 2.37. The molecule has 3 aromatic rings. The van der Waals surface area contributed by atoms with Gasteiger partial charge in [-0.25, -0.2) is 14.4 Å². The monoisotopic (exact) mass is 424 g/mol. The molecule has 1 aliphatic heterocycles. The van der Waals surface area contributed by atoms with Crippen molar-refractivity contribution in [1.29, 1.82) is 0 Å². The number of methoxy groups -OCH3 is 2. The van der Waals surface area contributed by atoms with Crippen LogP contribution in [0.15, 0.2) is 41.6 Å². The van der Waals surface area contributed by atoms with Crippen LogP contribution in [0.1, 0.15) is 16.2 Å². The van der Waals surface area contributed by atoms with Gasteiger partial charge < -0.3 is 19.4 Å². The third-order valence-corrected chi connectivity index (χ3v) is 5.02. The fourth-order valence-corrected chi connectivity index (χ4v) is 3.24. The molecule has 0 unspecified atom stereocenters. The predicted molar refractivity (Wildman–Crippen MR) is 115 cm³/mol. The quantitative estimate of drug-likeness (QED) is 0.248. The number of nitrogens with zero attached hydrogens (tertiary/aromatic N) is 4. The van der Waals surface area contributed by atoms with E-state index in [1.807, 2.05) is 0 Å². The third kappa shape index (κ3) is 4.10. The van der Waals surface area contributed by atoms with E-state index >= 15 is 0 Å². The summed E-state index contributed by atoms with van der Waals surface area (Å²) in [6, 6.07) is 6.33. The van der Waals surface area contributed by atoms with Crippen LogP contribution in [0.2, 0.25) is 0 Å². The Hall–Kier alpha value is -3.79. The number of nitrogens with one attached hydrogen (secondary N) is 2. The fraction of sp³-hybridized carbons (Fsp3) is 0.238. The van der Waals surface area contributed by atoms with Gasteiger partial charge in [-0.1, -0.05) is 0 Å². The van der Waals surface area contributed by atoms with Crippen LogP contribution in [0.3, 0.4) is 0 Å². The van der Waals surface area contributed by atoms with Crippen molar-refractivity contribution < 1.29 is 18.7 Å². The van der Waals surface area contributed by atoms with Gasteiger partial charge in [-0.05, 0) is 12.1 Å². The number of benzene rings is 1. The van der Waals surface area contributed by atoms with Crippen LogP contribution < -0.4 is 15.1 Å². The second-order valence-corrected chi connectivity index (χ2v) is 6.95. The number of imidazole rings is 1. The Morgan fingerprint density at radius 1 is 1.39 bits per heavy atom. The van der Waals surface area contributed by atoms with Gasteiger partial charge in [0.2, 0.25) is 0 Å². The number of pyridine rings is 1. The molecule has 160 valence electrons. The number of hydrazone groups is 1. The summed E-state index contributed by atoms with van der Waals surface area (Å²) in [5.74, 6) is 0.500. The van der Waals surface area contributed by atoms with Gasteiger partial charge in [0.1, 0.15) is 22.8 Å². The topological polar surface area (TPSA) is 105 Å². The van der Waals surface area contributed by atoms with E-state index in [0.717, 1.165) is 18.9 Å². The highest BCUT2D eigenvalue weighted by molar-refractivity contribution is 6.08. The fourth-order valence-electron chi connectivity index (χ4n) is 3.24. The molecule has 31 heavy (non-hydrogen) atoms. The Labute approximate surface area is 177 Å². The molecule has 0 radical (unpaired) electrons. The highest BCUT2D eigenvalue weighted by Crippen LogP contribution is 2.25. The summed E-state index contributed by atoms with van der Waals surface area (Å²) in [6.45, 7) is 4.92. The van der Waals surface area contributed by atoms with E-state index in [0.29, 0.717) is 16.8 Å². The molecule has 4 rings (SSSR count). The summed E-state index contributed by atoms with van der Waals surface area (Å²) in [4.78, 5) is 26.4. The highest BCUT2D eigenvalue weighted by atomic mass is 19.1. The Bertz CT molecular complexity index is 1150. The average molecular weight is 424 g/mol. The number of fused-ring (bicyclic) bond motifs is 1. The first-order chi connectivity index (χ1) is 15.0. The Morgan fingerprint density at radius 2 is 2.19 bits per heavy atom. The standard InChI is InChI=1S/C21H21FN6O3/c1-23-27-17(21-25-16-7-13(30-2)6-15(22)20(16)26-21)8-18(29)12-4-5-19(24-9-12)28-10-14(11-28)31-3/h4-9,14,27H,1,10-11H2,2-3H3,(H,25,26)/b17-8-. The number of ketones is 1. The zero-order valence-corrected chi connectivity index (χ0v) is 17.1. The molecule has 0 atom stereocenters. The summed E-state index contributed by atoms with van der Waals surface area (Å²) in [5.41, 5.74) is 3.80. The van der Waals surface area contributed by atoms with Gasteiger partial charge in [-0.15, -0.1) is 0 Å².